The Hall–Kier alpha value is -7.32. The molecule has 17 heteroatoms. The Morgan fingerprint density at radius 3 is 1.99 bits per heavy atom. The highest BCUT2D eigenvalue weighted by Crippen LogP contribution is 2.52. The molecule has 0 saturated carbocycles. The van der Waals surface area contributed by atoms with Gasteiger partial charge in [0.2, 0.25) is 0 Å². The van der Waals surface area contributed by atoms with Crippen molar-refractivity contribution in [1.29, 1.82) is 5.26 Å². The second kappa shape index (κ2) is 25.2. The molecule has 8 aromatic rings. The van der Waals surface area contributed by atoms with Crippen molar-refractivity contribution in [3.8, 4) is 23.3 Å². The topological polar surface area (TPSA) is 165 Å². The van der Waals surface area contributed by atoms with Crippen LogP contribution in [-0.4, -0.2) is 102 Å². The van der Waals surface area contributed by atoms with Crippen molar-refractivity contribution in [2.75, 3.05) is 46.0 Å². The van der Waals surface area contributed by atoms with Gasteiger partial charge in [-0.25, -0.2) is 19.6 Å². The molecule has 0 N–H and O–H groups in total. The number of nitriles is 1. The number of hydrogen-bond donors (Lipinski definition) is 0. The number of rotatable bonds is 24. The van der Waals surface area contributed by atoms with Crippen molar-refractivity contribution in [3.05, 3.63) is 187 Å². The van der Waals surface area contributed by atoms with Gasteiger partial charge in [-0.05, 0) is 103 Å². The number of amides is 1. The van der Waals surface area contributed by atoms with Gasteiger partial charge in [-0.1, -0.05) is 109 Å². The Balaban J connectivity index is 1.14. The second-order valence-corrected chi connectivity index (χ2v) is 20.4. The maximum absolute atomic E-state index is 14.5. The standard InChI is InChI=1S/C60H64N7O9P/c1-41(2)67(42(3)4)77(74-34-16-33-61)76-55-52(37-73-60(46-19-10-8-11-20-46,47-25-29-49(69-5)30-26-47)48-27-31-50(70-6)32-28-48)75-59(56(55)71-7)66-40-64-54-57(62-39-63-58(54)66)65(53(68)38-72-51-21-12-9-13-22-51)36-43-23-24-44-17-14-15-18-45(44)35-43/h8-15,17-32,35,39-42,52,55-56,59H,16,34,36-38H2,1-7H3/t52-,55?,56+,59-,77?/m1/s1. The number of imidazole rings is 1. The van der Waals surface area contributed by atoms with E-state index in [4.69, 9.17) is 52.4 Å². The number of benzene rings is 6. The maximum atomic E-state index is 14.5. The predicted octanol–water partition coefficient (Wildman–Crippen LogP) is 11.2. The van der Waals surface area contributed by atoms with Gasteiger partial charge in [0.15, 0.2) is 29.8 Å². The SMILES string of the molecule is COc1ccc(C(OC[C@H]2O[C@@H](n3cnc4c(N(Cc5ccc6ccccc6c5)C(=O)COc5ccccc5)ncnc43)[C@@H](OC)C2OP(OCCC#N)N(C(C)C)C(C)C)(c2ccccc2)c2ccc(OC)cc2)cc1. The summed E-state index contributed by atoms with van der Waals surface area (Å²) in [5.74, 6) is 1.88. The minimum atomic E-state index is -1.82. The molecule has 0 aliphatic carbocycles. The molecule has 16 nitrogen and oxygen atoms in total. The Labute approximate surface area is 451 Å². The first-order valence-corrected chi connectivity index (χ1v) is 26.7. The average molecular weight is 1060 g/mol. The highest BCUT2D eigenvalue weighted by molar-refractivity contribution is 7.44. The Morgan fingerprint density at radius 1 is 0.740 bits per heavy atom. The van der Waals surface area contributed by atoms with Crippen LogP contribution >= 0.6 is 8.53 Å². The summed E-state index contributed by atoms with van der Waals surface area (Å²) in [6.45, 7) is 8.37. The smallest absolute Gasteiger partial charge is 0.266 e. The molecule has 0 bridgehead atoms. The van der Waals surface area contributed by atoms with Crippen molar-refractivity contribution >= 4 is 42.2 Å². The number of fused-ring (bicyclic) bond motifs is 2. The van der Waals surface area contributed by atoms with Gasteiger partial charge >= 0.3 is 0 Å². The Morgan fingerprint density at radius 2 is 1.36 bits per heavy atom. The number of anilines is 1. The van der Waals surface area contributed by atoms with E-state index in [-0.39, 0.29) is 56.6 Å². The monoisotopic (exact) mass is 1060 g/mol. The van der Waals surface area contributed by atoms with Crippen LogP contribution in [0.25, 0.3) is 21.9 Å². The summed E-state index contributed by atoms with van der Waals surface area (Å²) < 4.78 is 56.3. The molecule has 77 heavy (non-hydrogen) atoms. The van der Waals surface area contributed by atoms with Crippen molar-refractivity contribution < 1.29 is 42.3 Å². The lowest BCUT2D eigenvalue weighted by Gasteiger charge is -2.39. The van der Waals surface area contributed by atoms with Gasteiger partial charge in [0.05, 0.1) is 52.8 Å². The number of carbonyl (C=O) groups is 1. The lowest BCUT2D eigenvalue weighted by molar-refractivity contribution is -0.120. The highest BCUT2D eigenvalue weighted by Gasteiger charge is 2.51. The van der Waals surface area contributed by atoms with Gasteiger partial charge in [-0.3, -0.25) is 14.3 Å². The zero-order chi connectivity index (χ0) is 53.9. The molecule has 2 unspecified atom stereocenters. The third kappa shape index (κ3) is 12.0. The summed E-state index contributed by atoms with van der Waals surface area (Å²) in [6.07, 6.45) is -0.165. The van der Waals surface area contributed by atoms with Crippen LogP contribution in [0, 0.1) is 11.3 Å². The van der Waals surface area contributed by atoms with Crippen LogP contribution in [-0.2, 0) is 40.2 Å². The number of para-hydroxylation sites is 1. The fraction of sp³-hybridized carbons (Fsp3) is 0.317. The molecule has 9 rings (SSSR count). The molecule has 3 heterocycles. The first-order valence-electron chi connectivity index (χ1n) is 25.6. The average Bonchev–Trinajstić information content (AvgIpc) is 4.07. The molecule has 1 fully saturated rings. The van der Waals surface area contributed by atoms with Crippen LogP contribution < -0.4 is 19.1 Å². The molecule has 6 aromatic carbocycles. The number of carbonyl (C=O) groups excluding carboxylic acids is 1. The van der Waals surface area contributed by atoms with Gasteiger partial charge in [-0.2, -0.15) is 5.26 Å². The third-order valence-electron chi connectivity index (χ3n) is 13.5. The molecule has 1 saturated heterocycles. The summed E-state index contributed by atoms with van der Waals surface area (Å²) in [5, 5.41) is 11.7. The third-order valence-corrected chi connectivity index (χ3v) is 15.6. The van der Waals surface area contributed by atoms with Gasteiger partial charge in [0.1, 0.15) is 47.5 Å². The van der Waals surface area contributed by atoms with Crippen molar-refractivity contribution in [1.82, 2.24) is 24.2 Å². The van der Waals surface area contributed by atoms with E-state index in [2.05, 4.69) is 50.6 Å². The van der Waals surface area contributed by atoms with Crippen molar-refractivity contribution in [3.63, 3.8) is 0 Å². The van der Waals surface area contributed by atoms with E-state index in [1.165, 1.54) is 6.33 Å². The summed E-state index contributed by atoms with van der Waals surface area (Å²) in [5.41, 5.74) is 2.94. The fourth-order valence-corrected chi connectivity index (χ4v) is 11.7. The molecule has 1 aliphatic rings. The molecular formula is C60H64N7O9P. The molecule has 0 spiro atoms. The minimum Gasteiger partial charge on any atom is -0.497 e. The molecule has 1 amide bonds. The Kier molecular flexibility index (Phi) is 17.8. The van der Waals surface area contributed by atoms with E-state index in [9.17, 15) is 10.1 Å². The van der Waals surface area contributed by atoms with E-state index in [0.717, 1.165) is 33.0 Å². The number of aromatic nitrogens is 4. The molecule has 1 aliphatic heterocycles. The number of methoxy groups -OCH3 is 3. The molecule has 5 atom stereocenters. The zero-order valence-electron chi connectivity index (χ0n) is 44.3. The Bertz CT molecular complexity index is 3180. The minimum absolute atomic E-state index is 0.000968. The van der Waals surface area contributed by atoms with Gasteiger partial charge < -0.3 is 37.5 Å². The van der Waals surface area contributed by atoms with E-state index in [0.29, 0.717) is 28.4 Å². The number of nitrogens with zero attached hydrogens (tertiary/aromatic N) is 7. The maximum Gasteiger partial charge on any atom is 0.266 e. The molecule has 2 aromatic heterocycles. The predicted molar refractivity (Wildman–Crippen MR) is 295 cm³/mol. The van der Waals surface area contributed by atoms with E-state index in [1.807, 2.05) is 127 Å². The van der Waals surface area contributed by atoms with Crippen molar-refractivity contribution in [2.45, 2.75) is 82.9 Å². The fourth-order valence-electron chi connectivity index (χ4n) is 9.89. The quantitative estimate of drug-likeness (QED) is 0.0319. The first kappa shape index (κ1) is 54.5. The number of hydrogen-bond acceptors (Lipinski definition) is 14. The second-order valence-electron chi connectivity index (χ2n) is 19.0. The lowest BCUT2D eigenvalue weighted by atomic mass is 9.80. The van der Waals surface area contributed by atoms with Crippen LogP contribution in [0.1, 0.15) is 62.6 Å². The zero-order valence-corrected chi connectivity index (χ0v) is 45.2. The largest absolute Gasteiger partial charge is 0.497 e. The van der Waals surface area contributed by atoms with Gasteiger partial charge in [-0.15, -0.1) is 0 Å². The molecule has 0 radical (unpaired) electrons. The van der Waals surface area contributed by atoms with Crippen molar-refractivity contribution in [2.24, 2.45) is 0 Å². The van der Waals surface area contributed by atoms with E-state index >= 15 is 0 Å². The van der Waals surface area contributed by atoms with Crippen LogP contribution in [0.4, 0.5) is 5.82 Å². The van der Waals surface area contributed by atoms with Gasteiger partial charge in [0.25, 0.3) is 14.4 Å². The van der Waals surface area contributed by atoms with E-state index < -0.39 is 38.7 Å². The number of ether oxygens (including phenoxy) is 6. The van der Waals surface area contributed by atoms with Crippen LogP contribution in [0.3, 0.4) is 0 Å². The summed E-state index contributed by atoms with van der Waals surface area (Å²) in [6, 6.07) is 51.3. The highest BCUT2D eigenvalue weighted by atomic mass is 31.2. The van der Waals surface area contributed by atoms with Crippen LogP contribution in [0.2, 0.25) is 0 Å². The summed E-state index contributed by atoms with van der Waals surface area (Å²) in [7, 11) is 3.06. The first-order chi connectivity index (χ1) is 37.6. The normalized spacial score (nSPS) is 17.0. The lowest BCUT2D eigenvalue weighted by Crippen LogP contribution is -2.42. The van der Waals surface area contributed by atoms with E-state index in [1.54, 1.807) is 49.3 Å². The van der Waals surface area contributed by atoms with Crippen LogP contribution in [0.15, 0.2) is 164 Å². The summed E-state index contributed by atoms with van der Waals surface area (Å²) >= 11 is 0. The molecular weight excluding hydrogens is 994 g/mol. The summed E-state index contributed by atoms with van der Waals surface area (Å²) in [4.78, 5) is 30.6. The van der Waals surface area contributed by atoms with Crippen LogP contribution in [0.5, 0.6) is 17.2 Å². The van der Waals surface area contributed by atoms with Gasteiger partial charge in [0, 0.05) is 19.2 Å². The molecule has 398 valence electrons.